The minimum atomic E-state index is -0.106. The van der Waals surface area contributed by atoms with E-state index in [9.17, 15) is 4.79 Å². The van der Waals surface area contributed by atoms with Crippen LogP contribution < -0.4 is 10.6 Å². The van der Waals surface area contributed by atoms with Gasteiger partial charge >= 0.3 is 0 Å². The molecular weight excluding hydrogens is 224 g/mol. The summed E-state index contributed by atoms with van der Waals surface area (Å²) < 4.78 is 0. The highest BCUT2D eigenvalue weighted by molar-refractivity contribution is 7.17. The molecule has 0 radical (unpaired) electrons. The first kappa shape index (κ1) is 11.3. The first-order valence-electron chi connectivity index (χ1n) is 5.59. The summed E-state index contributed by atoms with van der Waals surface area (Å²) in [5.74, 6) is 0.548. The Morgan fingerprint density at radius 2 is 2.19 bits per heavy atom. The van der Waals surface area contributed by atoms with Gasteiger partial charge in [-0.3, -0.25) is 4.79 Å². The van der Waals surface area contributed by atoms with Crippen molar-refractivity contribution in [1.29, 1.82) is 0 Å². The number of anilines is 1. The van der Waals surface area contributed by atoms with Crippen molar-refractivity contribution in [3.63, 3.8) is 0 Å². The molecular formula is C10H16N4OS. The van der Waals surface area contributed by atoms with Crippen LogP contribution in [-0.4, -0.2) is 29.7 Å². The van der Waals surface area contributed by atoms with Gasteiger partial charge in [0.05, 0.1) is 0 Å². The van der Waals surface area contributed by atoms with E-state index in [1.54, 1.807) is 7.05 Å². The second-order valence-electron chi connectivity index (χ2n) is 4.02. The van der Waals surface area contributed by atoms with E-state index in [0.717, 1.165) is 6.54 Å². The SMILES string of the molecule is CNc1nnc(C(=O)NCC2CCCC2)s1. The van der Waals surface area contributed by atoms with Gasteiger partial charge in [0.15, 0.2) is 0 Å². The normalized spacial score (nSPS) is 16.3. The van der Waals surface area contributed by atoms with Gasteiger partial charge in [-0.05, 0) is 18.8 Å². The van der Waals surface area contributed by atoms with Crippen LogP contribution in [0.25, 0.3) is 0 Å². The van der Waals surface area contributed by atoms with Gasteiger partial charge < -0.3 is 10.6 Å². The van der Waals surface area contributed by atoms with Crippen molar-refractivity contribution in [2.75, 3.05) is 18.9 Å². The molecule has 2 N–H and O–H groups in total. The molecule has 0 saturated heterocycles. The minimum Gasteiger partial charge on any atom is -0.363 e. The fraction of sp³-hybridized carbons (Fsp3) is 0.700. The molecule has 16 heavy (non-hydrogen) atoms. The van der Waals surface area contributed by atoms with Crippen LogP contribution in [0.15, 0.2) is 0 Å². The van der Waals surface area contributed by atoms with Crippen molar-refractivity contribution in [1.82, 2.24) is 15.5 Å². The van der Waals surface area contributed by atoms with Gasteiger partial charge in [-0.2, -0.15) is 0 Å². The lowest BCUT2D eigenvalue weighted by molar-refractivity contribution is 0.0946. The van der Waals surface area contributed by atoms with Gasteiger partial charge in [-0.25, -0.2) is 0 Å². The molecule has 1 aromatic rings. The molecule has 5 nitrogen and oxygen atoms in total. The zero-order chi connectivity index (χ0) is 11.4. The summed E-state index contributed by atoms with van der Waals surface area (Å²) in [6, 6.07) is 0. The summed E-state index contributed by atoms with van der Waals surface area (Å²) in [4.78, 5) is 11.7. The number of aromatic nitrogens is 2. The average Bonchev–Trinajstić information content (AvgIpc) is 2.96. The second-order valence-corrected chi connectivity index (χ2v) is 5.00. The molecule has 1 amide bonds. The molecule has 6 heteroatoms. The van der Waals surface area contributed by atoms with Crippen LogP contribution in [0, 0.1) is 5.92 Å². The quantitative estimate of drug-likeness (QED) is 0.837. The van der Waals surface area contributed by atoms with Crippen molar-refractivity contribution < 1.29 is 4.79 Å². The molecule has 1 aliphatic rings. The highest BCUT2D eigenvalue weighted by Crippen LogP contribution is 2.23. The average molecular weight is 240 g/mol. The predicted molar refractivity (Wildman–Crippen MR) is 63.7 cm³/mol. The number of hydrogen-bond acceptors (Lipinski definition) is 5. The number of hydrogen-bond donors (Lipinski definition) is 2. The Morgan fingerprint density at radius 1 is 1.44 bits per heavy atom. The van der Waals surface area contributed by atoms with E-state index in [4.69, 9.17) is 0 Å². The Labute approximate surface area is 98.7 Å². The Hall–Kier alpha value is -1.17. The molecule has 0 aliphatic heterocycles. The first-order chi connectivity index (χ1) is 7.79. The summed E-state index contributed by atoms with van der Waals surface area (Å²) in [6.45, 7) is 0.771. The van der Waals surface area contributed by atoms with Crippen LogP contribution in [0.3, 0.4) is 0 Å². The van der Waals surface area contributed by atoms with Crippen LogP contribution in [0.2, 0.25) is 0 Å². The van der Waals surface area contributed by atoms with E-state index in [1.807, 2.05) is 0 Å². The molecule has 0 bridgehead atoms. The standard InChI is InChI=1S/C10H16N4OS/c1-11-10-14-13-9(16-10)8(15)12-6-7-4-2-3-5-7/h7H,2-6H2,1H3,(H,11,14)(H,12,15). The molecule has 1 saturated carbocycles. The summed E-state index contributed by atoms with van der Waals surface area (Å²) in [7, 11) is 1.76. The lowest BCUT2D eigenvalue weighted by atomic mass is 10.1. The van der Waals surface area contributed by atoms with Gasteiger partial charge in [-0.15, -0.1) is 10.2 Å². The molecule has 1 fully saturated rings. The van der Waals surface area contributed by atoms with E-state index in [2.05, 4.69) is 20.8 Å². The third-order valence-electron chi connectivity index (χ3n) is 2.86. The third kappa shape index (κ3) is 2.69. The van der Waals surface area contributed by atoms with Crippen molar-refractivity contribution >= 4 is 22.4 Å². The van der Waals surface area contributed by atoms with Crippen molar-refractivity contribution in [3.05, 3.63) is 5.01 Å². The van der Waals surface area contributed by atoms with Crippen LogP contribution in [0.5, 0.6) is 0 Å². The number of carbonyl (C=O) groups is 1. The summed E-state index contributed by atoms with van der Waals surface area (Å²) in [5.41, 5.74) is 0. The van der Waals surface area contributed by atoms with E-state index in [-0.39, 0.29) is 5.91 Å². The largest absolute Gasteiger partial charge is 0.363 e. The van der Waals surface area contributed by atoms with Gasteiger partial charge in [-0.1, -0.05) is 24.2 Å². The Bertz CT molecular complexity index is 359. The maximum atomic E-state index is 11.7. The second kappa shape index (κ2) is 5.25. The molecule has 1 aromatic heterocycles. The van der Waals surface area contributed by atoms with Gasteiger partial charge in [0.1, 0.15) is 0 Å². The molecule has 0 spiro atoms. The van der Waals surface area contributed by atoms with E-state index in [1.165, 1.54) is 37.0 Å². The number of nitrogens with one attached hydrogen (secondary N) is 2. The third-order valence-corrected chi connectivity index (χ3v) is 3.80. The van der Waals surface area contributed by atoms with Gasteiger partial charge in [0.2, 0.25) is 10.1 Å². The maximum Gasteiger partial charge on any atom is 0.282 e. The van der Waals surface area contributed by atoms with Crippen LogP contribution in [0.1, 0.15) is 35.5 Å². The van der Waals surface area contributed by atoms with E-state index >= 15 is 0 Å². The highest BCUT2D eigenvalue weighted by Gasteiger charge is 2.17. The molecule has 0 unspecified atom stereocenters. The number of amides is 1. The van der Waals surface area contributed by atoms with E-state index < -0.39 is 0 Å². The van der Waals surface area contributed by atoms with Crippen LogP contribution in [0.4, 0.5) is 5.13 Å². The Balaban J connectivity index is 1.82. The molecule has 1 aliphatic carbocycles. The molecule has 0 atom stereocenters. The molecule has 2 rings (SSSR count). The fourth-order valence-electron chi connectivity index (χ4n) is 1.94. The van der Waals surface area contributed by atoms with Crippen molar-refractivity contribution in [3.8, 4) is 0 Å². The number of carbonyl (C=O) groups excluding carboxylic acids is 1. The zero-order valence-electron chi connectivity index (χ0n) is 9.32. The molecule has 0 aromatic carbocycles. The van der Waals surface area contributed by atoms with Crippen molar-refractivity contribution in [2.24, 2.45) is 5.92 Å². The summed E-state index contributed by atoms with van der Waals surface area (Å²) in [6.07, 6.45) is 5.06. The Kier molecular flexibility index (Phi) is 3.71. The van der Waals surface area contributed by atoms with E-state index in [0.29, 0.717) is 16.1 Å². The first-order valence-corrected chi connectivity index (χ1v) is 6.40. The molecule has 88 valence electrons. The van der Waals surface area contributed by atoms with Crippen LogP contribution >= 0.6 is 11.3 Å². The summed E-state index contributed by atoms with van der Waals surface area (Å²) >= 11 is 1.28. The van der Waals surface area contributed by atoms with Crippen LogP contribution in [-0.2, 0) is 0 Å². The zero-order valence-corrected chi connectivity index (χ0v) is 10.1. The topological polar surface area (TPSA) is 66.9 Å². The highest BCUT2D eigenvalue weighted by atomic mass is 32.1. The van der Waals surface area contributed by atoms with Gasteiger partial charge in [0, 0.05) is 13.6 Å². The lowest BCUT2D eigenvalue weighted by Gasteiger charge is -2.08. The van der Waals surface area contributed by atoms with Gasteiger partial charge in [0.25, 0.3) is 5.91 Å². The summed E-state index contributed by atoms with van der Waals surface area (Å²) in [5, 5.41) is 14.5. The van der Waals surface area contributed by atoms with Crippen molar-refractivity contribution in [2.45, 2.75) is 25.7 Å². The Morgan fingerprint density at radius 3 is 2.81 bits per heavy atom. The fourth-order valence-corrected chi connectivity index (χ4v) is 2.56. The minimum absolute atomic E-state index is 0.106. The molecule has 1 heterocycles. The number of nitrogens with zero attached hydrogens (tertiary/aromatic N) is 2. The smallest absolute Gasteiger partial charge is 0.282 e. The lowest BCUT2D eigenvalue weighted by Crippen LogP contribution is -2.28. The maximum absolute atomic E-state index is 11.7. The predicted octanol–water partition coefficient (Wildman–Crippen LogP) is 1.50. The number of rotatable bonds is 4. The monoisotopic (exact) mass is 240 g/mol.